The van der Waals surface area contributed by atoms with E-state index >= 15 is 0 Å². The molecule has 0 saturated heterocycles. The van der Waals surface area contributed by atoms with Crippen LogP contribution in [0.15, 0.2) is 17.5 Å². The Morgan fingerprint density at radius 1 is 1.58 bits per heavy atom. The predicted octanol–water partition coefficient (Wildman–Crippen LogP) is 1.57. The molecule has 0 amide bonds. The van der Waals surface area contributed by atoms with Crippen LogP contribution in [0.3, 0.4) is 0 Å². The highest BCUT2D eigenvalue weighted by Gasteiger charge is 2.08. The van der Waals surface area contributed by atoms with Crippen molar-refractivity contribution in [1.29, 1.82) is 0 Å². The van der Waals surface area contributed by atoms with Crippen LogP contribution < -0.4 is 11.1 Å². The molecule has 0 unspecified atom stereocenters. The van der Waals surface area contributed by atoms with Gasteiger partial charge in [0.05, 0.1) is 0 Å². The molecule has 1 aromatic rings. The molecule has 0 saturated carbocycles. The Hall–Kier alpha value is -0.380. The quantitative estimate of drug-likeness (QED) is 0.745. The summed E-state index contributed by atoms with van der Waals surface area (Å²) in [6, 6.07) is 4.19. The van der Waals surface area contributed by atoms with Gasteiger partial charge in [0.2, 0.25) is 0 Å². The third-order valence-corrected chi connectivity index (χ3v) is 2.34. The number of hydrogen-bond donors (Lipinski definition) is 2. The molecule has 3 N–H and O–H groups in total. The smallest absolute Gasteiger partial charge is 0.0300 e. The fraction of sp³-hybridized carbons (Fsp3) is 0.556. The van der Waals surface area contributed by atoms with Crippen LogP contribution in [0, 0.1) is 0 Å². The number of nitrogens with two attached hydrogens (primary N) is 1. The molecular weight excluding hydrogens is 168 g/mol. The lowest BCUT2D eigenvalue weighted by molar-refractivity contribution is 0.468. The first kappa shape index (κ1) is 9.71. The van der Waals surface area contributed by atoms with E-state index in [-0.39, 0.29) is 5.54 Å². The SMILES string of the molecule is CC(C)(N)CNCc1cccs1. The Balaban J connectivity index is 2.20. The van der Waals surface area contributed by atoms with Gasteiger partial charge < -0.3 is 11.1 Å². The molecule has 0 radical (unpaired) electrons. The lowest BCUT2D eigenvalue weighted by Gasteiger charge is -2.18. The molecule has 0 aromatic carbocycles. The Bertz CT molecular complexity index is 211. The van der Waals surface area contributed by atoms with Crippen LogP contribution in [0.5, 0.6) is 0 Å². The predicted molar refractivity (Wildman–Crippen MR) is 54.3 cm³/mol. The largest absolute Gasteiger partial charge is 0.324 e. The minimum absolute atomic E-state index is 0.114. The van der Waals surface area contributed by atoms with Gasteiger partial charge in [0.1, 0.15) is 0 Å². The fourth-order valence-electron chi connectivity index (χ4n) is 0.921. The number of thiophene rings is 1. The van der Waals surface area contributed by atoms with Gasteiger partial charge in [0.25, 0.3) is 0 Å². The molecule has 0 fully saturated rings. The summed E-state index contributed by atoms with van der Waals surface area (Å²) in [6.07, 6.45) is 0. The van der Waals surface area contributed by atoms with Crippen molar-refractivity contribution in [3.8, 4) is 0 Å². The maximum absolute atomic E-state index is 5.82. The van der Waals surface area contributed by atoms with Gasteiger partial charge in [-0.05, 0) is 25.3 Å². The fourth-order valence-corrected chi connectivity index (χ4v) is 1.60. The van der Waals surface area contributed by atoms with E-state index in [4.69, 9.17) is 5.73 Å². The van der Waals surface area contributed by atoms with Gasteiger partial charge >= 0.3 is 0 Å². The first-order chi connectivity index (χ1) is 5.58. The van der Waals surface area contributed by atoms with Gasteiger partial charge in [-0.2, -0.15) is 0 Å². The molecule has 0 spiro atoms. The van der Waals surface area contributed by atoms with Crippen LogP contribution in [0.25, 0.3) is 0 Å². The summed E-state index contributed by atoms with van der Waals surface area (Å²) in [6.45, 7) is 5.83. The first-order valence-corrected chi connectivity index (χ1v) is 4.98. The van der Waals surface area contributed by atoms with Gasteiger partial charge in [-0.1, -0.05) is 6.07 Å². The molecule has 0 bridgehead atoms. The van der Waals surface area contributed by atoms with Crippen LogP contribution in [-0.2, 0) is 6.54 Å². The summed E-state index contributed by atoms with van der Waals surface area (Å²) in [4.78, 5) is 1.36. The highest BCUT2D eigenvalue weighted by molar-refractivity contribution is 7.09. The Morgan fingerprint density at radius 2 is 2.33 bits per heavy atom. The third-order valence-electron chi connectivity index (χ3n) is 1.46. The molecule has 1 rings (SSSR count). The summed E-state index contributed by atoms with van der Waals surface area (Å²) in [5, 5.41) is 5.40. The molecule has 0 aliphatic carbocycles. The van der Waals surface area contributed by atoms with Gasteiger partial charge in [0.15, 0.2) is 0 Å². The van der Waals surface area contributed by atoms with Crippen LogP contribution in [0.2, 0.25) is 0 Å². The Labute approximate surface area is 77.8 Å². The van der Waals surface area contributed by atoms with E-state index < -0.39 is 0 Å². The monoisotopic (exact) mass is 184 g/mol. The number of rotatable bonds is 4. The highest BCUT2D eigenvalue weighted by Crippen LogP contribution is 2.07. The Morgan fingerprint density at radius 3 is 2.83 bits per heavy atom. The molecule has 12 heavy (non-hydrogen) atoms. The second kappa shape index (κ2) is 4.03. The minimum atomic E-state index is -0.114. The molecule has 3 heteroatoms. The average molecular weight is 184 g/mol. The molecule has 0 atom stereocenters. The van der Waals surface area contributed by atoms with Crippen molar-refractivity contribution >= 4 is 11.3 Å². The molecular formula is C9H16N2S. The minimum Gasteiger partial charge on any atom is -0.324 e. The van der Waals surface area contributed by atoms with E-state index in [9.17, 15) is 0 Å². The molecule has 1 aromatic heterocycles. The van der Waals surface area contributed by atoms with Crippen molar-refractivity contribution in [3.63, 3.8) is 0 Å². The summed E-state index contributed by atoms with van der Waals surface area (Å²) >= 11 is 1.77. The van der Waals surface area contributed by atoms with Gasteiger partial charge in [-0.15, -0.1) is 11.3 Å². The van der Waals surface area contributed by atoms with Gasteiger partial charge in [0, 0.05) is 23.5 Å². The third kappa shape index (κ3) is 3.85. The van der Waals surface area contributed by atoms with Crippen molar-refractivity contribution in [2.75, 3.05) is 6.54 Å². The van der Waals surface area contributed by atoms with Crippen molar-refractivity contribution < 1.29 is 0 Å². The number of nitrogens with one attached hydrogen (secondary N) is 1. The zero-order valence-corrected chi connectivity index (χ0v) is 8.45. The summed E-state index contributed by atoms with van der Waals surface area (Å²) in [7, 11) is 0. The molecule has 0 aliphatic heterocycles. The second-order valence-corrected chi connectivity index (χ2v) is 4.70. The zero-order valence-electron chi connectivity index (χ0n) is 7.63. The summed E-state index contributed by atoms with van der Waals surface area (Å²) < 4.78 is 0. The van der Waals surface area contributed by atoms with Crippen LogP contribution in [-0.4, -0.2) is 12.1 Å². The summed E-state index contributed by atoms with van der Waals surface area (Å²) in [5.41, 5.74) is 5.70. The van der Waals surface area contributed by atoms with Crippen molar-refractivity contribution in [2.24, 2.45) is 5.73 Å². The van der Waals surface area contributed by atoms with Crippen molar-refractivity contribution in [3.05, 3.63) is 22.4 Å². The summed E-state index contributed by atoms with van der Waals surface area (Å²) in [5.74, 6) is 0. The van der Waals surface area contributed by atoms with E-state index in [0.29, 0.717) is 0 Å². The average Bonchev–Trinajstić information content (AvgIpc) is 2.36. The highest BCUT2D eigenvalue weighted by atomic mass is 32.1. The van der Waals surface area contributed by atoms with E-state index in [0.717, 1.165) is 13.1 Å². The standard InChI is InChI=1S/C9H16N2S/c1-9(2,10)7-11-6-8-4-3-5-12-8/h3-5,11H,6-7,10H2,1-2H3. The first-order valence-electron chi connectivity index (χ1n) is 4.10. The lowest BCUT2D eigenvalue weighted by Crippen LogP contribution is -2.42. The molecule has 2 nitrogen and oxygen atoms in total. The maximum Gasteiger partial charge on any atom is 0.0300 e. The van der Waals surface area contributed by atoms with E-state index in [1.165, 1.54) is 4.88 Å². The molecule has 68 valence electrons. The van der Waals surface area contributed by atoms with E-state index in [1.807, 2.05) is 13.8 Å². The van der Waals surface area contributed by atoms with Crippen LogP contribution in [0.1, 0.15) is 18.7 Å². The van der Waals surface area contributed by atoms with E-state index in [1.54, 1.807) is 11.3 Å². The lowest BCUT2D eigenvalue weighted by atomic mass is 10.1. The van der Waals surface area contributed by atoms with Gasteiger partial charge in [-0.3, -0.25) is 0 Å². The van der Waals surface area contributed by atoms with Crippen LogP contribution >= 0.6 is 11.3 Å². The maximum atomic E-state index is 5.82. The normalized spacial score (nSPS) is 11.9. The van der Waals surface area contributed by atoms with Crippen molar-refractivity contribution in [1.82, 2.24) is 5.32 Å². The zero-order chi connectivity index (χ0) is 9.03. The second-order valence-electron chi connectivity index (χ2n) is 3.67. The molecule has 1 heterocycles. The molecule has 0 aliphatic rings. The Kier molecular flexibility index (Phi) is 3.26. The number of hydrogen-bond acceptors (Lipinski definition) is 3. The van der Waals surface area contributed by atoms with E-state index in [2.05, 4.69) is 22.8 Å². The van der Waals surface area contributed by atoms with Crippen molar-refractivity contribution in [2.45, 2.75) is 25.9 Å². The topological polar surface area (TPSA) is 38.0 Å². The van der Waals surface area contributed by atoms with Crippen LogP contribution in [0.4, 0.5) is 0 Å². The van der Waals surface area contributed by atoms with Gasteiger partial charge in [-0.25, -0.2) is 0 Å².